The molecule has 0 radical (unpaired) electrons. The summed E-state index contributed by atoms with van der Waals surface area (Å²) in [6.07, 6.45) is 1.52. The number of esters is 1. The highest BCUT2D eigenvalue weighted by molar-refractivity contribution is 6.33. The third-order valence-corrected chi connectivity index (χ3v) is 6.21. The summed E-state index contributed by atoms with van der Waals surface area (Å²) in [5.41, 5.74) is 3.52. The maximum absolute atomic E-state index is 13.2. The summed E-state index contributed by atoms with van der Waals surface area (Å²) in [6.45, 7) is 5.28. The number of hydrogen-bond donors (Lipinski definition) is 0. The molecule has 0 fully saturated rings. The van der Waals surface area contributed by atoms with Crippen molar-refractivity contribution in [1.82, 2.24) is 9.78 Å². The summed E-state index contributed by atoms with van der Waals surface area (Å²) in [4.78, 5) is 27.3. The fourth-order valence-electron chi connectivity index (χ4n) is 4.15. The molecule has 170 valence electrons. The molecule has 33 heavy (non-hydrogen) atoms. The standard InChI is InChI=1S/C25H23ClFN3O3/c1-15-22(23(26)30(28-15)17-11-9-16(27)10-12-17)24(32)33-14-18(31)13-21-25(2,3)19-7-5-6-8-20(19)29(21)4/h5-13H,14H2,1-4H3. The van der Waals surface area contributed by atoms with Crippen LogP contribution < -0.4 is 4.90 Å². The maximum atomic E-state index is 13.2. The molecule has 0 N–H and O–H groups in total. The number of anilines is 1. The van der Waals surface area contributed by atoms with Gasteiger partial charge in [0.05, 0.1) is 11.4 Å². The van der Waals surface area contributed by atoms with Gasteiger partial charge in [0.2, 0.25) is 0 Å². The molecule has 3 aromatic rings. The summed E-state index contributed by atoms with van der Waals surface area (Å²) in [6, 6.07) is 13.5. The summed E-state index contributed by atoms with van der Waals surface area (Å²) in [7, 11) is 1.91. The van der Waals surface area contributed by atoms with E-state index in [9.17, 15) is 14.0 Å². The molecule has 2 heterocycles. The van der Waals surface area contributed by atoms with Gasteiger partial charge in [-0.15, -0.1) is 0 Å². The van der Waals surface area contributed by atoms with Crippen LogP contribution in [0.1, 0.15) is 35.5 Å². The van der Waals surface area contributed by atoms with E-state index in [0.29, 0.717) is 11.4 Å². The first-order valence-electron chi connectivity index (χ1n) is 10.4. The zero-order valence-corrected chi connectivity index (χ0v) is 19.5. The van der Waals surface area contributed by atoms with Crippen LogP contribution in [0.5, 0.6) is 0 Å². The third-order valence-electron chi connectivity index (χ3n) is 5.86. The number of likely N-dealkylation sites (N-methyl/N-ethyl adjacent to an activating group) is 1. The largest absolute Gasteiger partial charge is 0.454 e. The van der Waals surface area contributed by atoms with Gasteiger partial charge in [-0.2, -0.15) is 5.10 Å². The van der Waals surface area contributed by atoms with Crippen LogP contribution >= 0.6 is 11.6 Å². The third kappa shape index (κ3) is 4.04. The van der Waals surface area contributed by atoms with Crippen LogP contribution in [0.4, 0.5) is 10.1 Å². The van der Waals surface area contributed by atoms with Gasteiger partial charge < -0.3 is 9.64 Å². The van der Waals surface area contributed by atoms with Gasteiger partial charge in [-0.05, 0) is 42.8 Å². The zero-order valence-electron chi connectivity index (χ0n) is 18.7. The Bertz CT molecular complexity index is 1280. The maximum Gasteiger partial charge on any atom is 0.343 e. The predicted molar refractivity (Wildman–Crippen MR) is 125 cm³/mol. The van der Waals surface area contributed by atoms with Crippen molar-refractivity contribution in [1.29, 1.82) is 0 Å². The minimum Gasteiger partial charge on any atom is -0.454 e. The zero-order chi connectivity index (χ0) is 23.9. The van der Waals surface area contributed by atoms with Gasteiger partial charge in [-0.3, -0.25) is 4.79 Å². The molecule has 8 heteroatoms. The molecule has 0 saturated carbocycles. The molecular formula is C25H23ClFN3O3. The fraction of sp³-hybridized carbons (Fsp3) is 0.240. The Balaban J connectivity index is 1.50. The smallest absolute Gasteiger partial charge is 0.343 e. The number of para-hydroxylation sites is 1. The van der Waals surface area contributed by atoms with Crippen molar-refractivity contribution in [2.75, 3.05) is 18.6 Å². The first kappa shape index (κ1) is 22.7. The van der Waals surface area contributed by atoms with Crippen LogP contribution in [0.25, 0.3) is 5.69 Å². The molecular weight excluding hydrogens is 445 g/mol. The molecule has 0 saturated heterocycles. The number of carbonyl (C=O) groups excluding carboxylic acids is 2. The van der Waals surface area contributed by atoms with Crippen LogP contribution in [-0.4, -0.2) is 35.2 Å². The van der Waals surface area contributed by atoms with Crippen molar-refractivity contribution in [2.45, 2.75) is 26.2 Å². The van der Waals surface area contributed by atoms with Crippen LogP contribution in [0.2, 0.25) is 5.15 Å². The number of aromatic nitrogens is 2. The van der Waals surface area contributed by atoms with Gasteiger partial charge >= 0.3 is 5.97 Å². The molecule has 1 aromatic heterocycles. The molecule has 0 atom stereocenters. The van der Waals surface area contributed by atoms with Crippen LogP contribution in [-0.2, 0) is 14.9 Å². The summed E-state index contributed by atoms with van der Waals surface area (Å²) in [5, 5.41) is 4.28. The Kier molecular flexibility index (Phi) is 5.84. The Morgan fingerprint density at radius 2 is 1.82 bits per heavy atom. The Hall–Kier alpha value is -3.45. The lowest BCUT2D eigenvalue weighted by Crippen LogP contribution is -2.25. The molecule has 6 nitrogen and oxygen atoms in total. The van der Waals surface area contributed by atoms with Crippen LogP contribution in [0.15, 0.2) is 60.3 Å². The van der Waals surface area contributed by atoms with Crippen LogP contribution in [0.3, 0.4) is 0 Å². The highest BCUT2D eigenvalue weighted by Crippen LogP contribution is 2.46. The number of carbonyl (C=O) groups is 2. The second kappa shape index (κ2) is 8.48. The molecule has 0 bridgehead atoms. The monoisotopic (exact) mass is 467 g/mol. The molecule has 4 rings (SSSR count). The Morgan fingerprint density at radius 1 is 1.15 bits per heavy atom. The number of hydrogen-bond acceptors (Lipinski definition) is 5. The number of ketones is 1. The lowest BCUT2D eigenvalue weighted by molar-refractivity contribution is -0.117. The number of benzene rings is 2. The lowest BCUT2D eigenvalue weighted by Gasteiger charge is -2.23. The molecule has 0 spiro atoms. The SMILES string of the molecule is Cc1nn(-c2ccc(F)cc2)c(Cl)c1C(=O)OCC(=O)C=C1N(C)c2ccccc2C1(C)C. The van der Waals surface area contributed by atoms with E-state index in [2.05, 4.69) is 5.10 Å². The quantitative estimate of drug-likeness (QED) is 0.390. The van der Waals surface area contributed by atoms with Gasteiger partial charge in [0.25, 0.3) is 0 Å². The molecule has 2 aromatic carbocycles. The lowest BCUT2D eigenvalue weighted by atomic mass is 9.83. The first-order chi connectivity index (χ1) is 15.6. The van der Waals surface area contributed by atoms with E-state index in [-0.39, 0.29) is 21.9 Å². The van der Waals surface area contributed by atoms with Crippen molar-refractivity contribution >= 4 is 29.0 Å². The van der Waals surface area contributed by atoms with Crippen molar-refractivity contribution < 1.29 is 18.7 Å². The number of fused-ring (bicyclic) bond motifs is 1. The molecule has 1 aliphatic rings. The Labute approximate surface area is 196 Å². The average Bonchev–Trinajstić information content (AvgIpc) is 3.18. The van der Waals surface area contributed by atoms with Crippen molar-refractivity contribution in [2.24, 2.45) is 0 Å². The summed E-state index contributed by atoms with van der Waals surface area (Å²) < 4.78 is 19.8. The second-order valence-electron chi connectivity index (χ2n) is 8.41. The average molecular weight is 468 g/mol. The fourth-order valence-corrected chi connectivity index (χ4v) is 4.50. The minimum absolute atomic E-state index is 0.0296. The molecule has 0 unspecified atom stereocenters. The van der Waals surface area contributed by atoms with E-state index >= 15 is 0 Å². The van der Waals surface area contributed by atoms with E-state index in [0.717, 1.165) is 16.9 Å². The van der Waals surface area contributed by atoms with E-state index in [1.165, 1.54) is 35.0 Å². The van der Waals surface area contributed by atoms with E-state index in [1.54, 1.807) is 6.92 Å². The highest BCUT2D eigenvalue weighted by Gasteiger charge is 2.38. The van der Waals surface area contributed by atoms with Crippen LogP contribution in [0, 0.1) is 12.7 Å². The number of halogens is 2. The second-order valence-corrected chi connectivity index (χ2v) is 8.77. The number of aryl methyl sites for hydroxylation is 1. The summed E-state index contributed by atoms with van der Waals surface area (Å²) in [5.74, 6) is -1.49. The van der Waals surface area contributed by atoms with Gasteiger partial charge in [-0.1, -0.05) is 43.6 Å². The number of nitrogens with zero attached hydrogens (tertiary/aromatic N) is 3. The molecule has 0 aliphatic carbocycles. The van der Waals surface area contributed by atoms with E-state index < -0.39 is 18.4 Å². The normalized spacial score (nSPS) is 15.6. The van der Waals surface area contributed by atoms with Crippen molar-refractivity contribution in [3.8, 4) is 5.69 Å². The minimum atomic E-state index is -0.750. The van der Waals surface area contributed by atoms with Gasteiger partial charge in [0.15, 0.2) is 12.4 Å². The highest BCUT2D eigenvalue weighted by atomic mass is 35.5. The number of rotatable bonds is 5. The van der Waals surface area contributed by atoms with Crippen molar-refractivity contribution in [3.05, 3.63) is 88.1 Å². The van der Waals surface area contributed by atoms with Gasteiger partial charge in [0.1, 0.15) is 16.5 Å². The summed E-state index contributed by atoms with van der Waals surface area (Å²) >= 11 is 6.36. The molecule has 0 amide bonds. The predicted octanol–water partition coefficient (Wildman–Crippen LogP) is 5.01. The van der Waals surface area contributed by atoms with Crippen molar-refractivity contribution in [3.63, 3.8) is 0 Å². The molecule has 1 aliphatic heterocycles. The Morgan fingerprint density at radius 3 is 2.48 bits per heavy atom. The topological polar surface area (TPSA) is 64.4 Å². The van der Waals surface area contributed by atoms with Gasteiger partial charge in [0, 0.05) is 29.9 Å². The van der Waals surface area contributed by atoms with Gasteiger partial charge in [-0.25, -0.2) is 13.9 Å². The number of ether oxygens (including phenoxy) is 1. The first-order valence-corrected chi connectivity index (χ1v) is 10.8. The number of allylic oxidation sites excluding steroid dienone is 1. The van der Waals surface area contributed by atoms with E-state index in [1.807, 2.05) is 50.1 Å². The van der Waals surface area contributed by atoms with E-state index in [4.69, 9.17) is 16.3 Å².